The van der Waals surface area contributed by atoms with Gasteiger partial charge in [0.05, 0.1) is 5.69 Å². The minimum absolute atomic E-state index is 0.168. The van der Waals surface area contributed by atoms with Gasteiger partial charge in [0.2, 0.25) is 10.0 Å². The summed E-state index contributed by atoms with van der Waals surface area (Å²) in [7, 11) is -4.03. The number of ether oxygens (including phenoxy) is 1. The minimum Gasteiger partial charge on any atom is -0.480 e. The first-order chi connectivity index (χ1) is 12.3. The van der Waals surface area contributed by atoms with E-state index in [0.29, 0.717) is 17.7 Å². The number of amides is 1. The summed E-state index contributed by atoms with van der Waals surface area (Å²) in [4.78, 5) is 22.5. The molecule has 8 nitrogen and oxygen atoms in total. The number of nitrogens with one attached hydrogen (secondary N) is 2. The Morgan fingerprint density at radius 1 is 1.22 bits per heavy atom. The number of sulfonamides is 1. The van der Waals surface area contributed by atoms with Crippen LogP contribution < -0.4 is 10.0 Å². The molecule has 0 atom stereocenters. The van der Waals surface area contributed by atoms with E-state index in [4.69, 9.17) is 9.84 Å². The number of carboxylic acid groups (broad SMARTS) is 1. The molecule has 3 N–H and O–H groups in total. The van der Waals surface area contributed by atoms with E-state index in [1.807, 2.05) is 19.9 Å². The summed E-state index contributed by atoms with van der Waals surface area (Å²) in [6, 6.07) is 5.33. The molecule has 0 heterocycles. The summed E-state index contributed by atoms with van der Waals surface area (Å²) in [6.07, 6.45) is -0.211. The lowest BCUT2D eigenvalue weighted by Crippen LogP contribution is -2.33. The van der Waals surface area contributed by atoms with Gasteiger partial charge in [0, 0.05) is 6.54 Å². The van der Waals surface area contributed by atoms with Crippen molar-refractivity contribution in [2.24, 2.45) is 0 Å². The van der Waals surface area contributed by atoms with Crippen LogP contribution in [0.4, 0.5) is 10.5 Å². The van der Waals surface area contributed by atoms with E-state index in [1.54, 1.807) is 32.9 Å². The van der Waals surface area contributed by atoms with E-state index in [9.17, 15) is 18.0 Å². The molecule has 0 aliphatic carbocycles. The second kappa shape index (κ2) is 9.07. The van der Waals surface area contributed by atoms with E-state index >= 15 is 0 Å². The number of hydrogen-bond donors (Lipinski definition) is 3. The van der Waals surface area contributed by atoms with Gasteiger partial charge in [-0.2, -0.15) is 0 Å². The topological polar surface area (TPSA) is 122 Å². The zero-order valence-corrected chi connectivity index (χ0v) is 17.1. The SMILES string of the molecule is CC(C)c1ccc(CCNC(=O)OC(C)(C)C)c(NS(=O)(=O)CC(=O)O)c1. The lowest BCUT2D eigenvalue weighted by Gasteiger charge is -2.20. The van der Waals surface area contributed by atoms with Crippen LogP contribution in [-0.2, 0) is 26.0 Å². The minimum atomic E-state index is -4.03. The van der Waals surface area contributed by atoms with Crippen LogP contribution in [0, 0.1) is 0 Å². The smallest absolute Gasteiger partial charge is 0.407 e. The Labute approximate surface area is 160 Å². The standard InChI is InChI=1S/C18H28N2O6S/c1-12(2)14-7-6-13(8-9-19-17(23)26-18(3,4)5)15(10-14)20-27(24,25)11-16(21)22/h6-7,10,12,20H,8-9,11H2,1-5H3,(H,19,23)(H,21,22). The number of carboxylic acids is 1. The van der Waals surface area contributed by atoms with Crippen LogP contribution in [0.2, 0.25) is 0 Å². The number of hydrogen-bond acceptors (Lipinski definition) is 5. The van der Waals surface area contributed by atoms with E-state index in [2.05, 4.69) is 10.0 Å². The van der Waals surface area contributed by atoms with Crippen molar-refractivity contribution >= 4 is 27.8 Å². The molecule has 0 radical (unpaired) electrons. The van der Waals surface area contributed by atoms with Crippen LogP contribution in [0.3, 0.4) is 0 Å². The molecule has 0 fully saturated rings. The second-order valence-corrected chi connectivity index (χ2v) is 9.23. The number of alkyl carbamates (subject to hydrolysis) is 1. The van der Waals surface area contributed by atoms with E-state index in [0.717, 1.165) is 5.56 Å². The van der Waals surface area contributed by atoms with Crippen LogP contribution in [0.1, 0.15) is 51.7 Å². The fraction of sp³-hybridized carbons (Fsp3) is 0.556. The van der Waals surface area contributed by atoms with Gasteiger partial charge >= 0.3 is 12.1 Å². The molecule has 1 rings (SSSR count). The van der Waals surface area contributed by atoms with Crippen LogP contribution >= 0.6 is 0 Å². The van der Waals surface area contributed by atoms with Crippen molar-refractivity contribution < 1.29 is 27.9 Å². The molecule has 9 heteroatoms. The van der Waals surface area contributed by atoms with Gasteiger partial charge in [-0.05, 0) is 50.3 Å². The monoisotopic (exact) mass is 400 g/mol. The number of anilines is 1. The van der Waals surface area contributed by atoms with Crippen molar-refractivity contribution in [2.75, 3.05) is 17.0 Å². The number of carbonyl (C=O) groups is 2. The Bertz CT molecular complexity index is 782. The first kappa shape index (κ1) is 22.8. The number of rotatable bonds is 8. The highest BCUT2D eigenvalue weighted by Gasteiger charge is 2.19. The van der Waals surface area contributed by atoms with Crippen molar-refractivity contribution in [2.45, 2.75) is 52.6 Å². The lowest BCUT2D eigenvalue weighted by molar-refractivity contribution is -0.134. The molecule has 152 valence electrons. The fourth-order valence-electron chi connectivity index (χ4n) is 2.25. The van der Waals surface area contributed by atoms with Gasteiger partial charge in [0.1, 0.15) is 5.60 Å². The lowest BCUT2D eigenvalue weighted by atomic mass is 9.99. The molecular formula is C18H28N2O6S. The van der Waals surface area contributed by atoms with Crippen molar-refractivity contribution in [1.29, 1.82) is 0 Å². The third-order valence-electron chi connectivity index (χ3n) is 3.44. The maximum atomic E-state index is 12.0. The zero-order valence-electron chi connectivity index (χ0n) is 16.3. The van der Waals surface area contributed by atoms with Crippen LogP contribution in [0.25, 0.3) is 0 Å². The third kappa shape index (κ3) is 8.76. The second-order valence-electron chi connectivity index (χ2n) is 7.50. The Morgan fingerprint density at radius 3 is 2.37 bits per heavy atom. The highest BCUT2D eigenvalue weighted by molar-refractivity contribution is 7.93. The van der Waals surface area contributed by atoms with Gasteiger partial charge in [-0.15, -0.1) is 0 Å². The molecule has 0 aliphatic heterocycles. The first-order valence-corrected chi connectivity index (χ1v) is 10.3. The van der Waals surface area contributed by atoms with Crippen molar-refractivity contribution in [3.8, 4) is 0 Å². The Hall–Kier alpha value is -2.29. The molecule has 1 aromatic carbocycles. The van der Waals surface area contributed by atoms with Gasteiger partial charge in [-0.25, -0.2) is 13.2 Å². The average molecular weight is 400 g/mol. The van der Waals surface area contributed by atoms with E-state index < -0.39 is 33.4 Å². The normalized spacial score (nSPS) is 11.9. The largest absolute Gasteiger partial charge is 0.480 e. The molecule has 1 aromatic rings. The van der Waals surface area contributed by atoms with Gasteiger partial charge in [0.25, 0.3) is 0 Å². The molecule has 1 amide bonds. The summed E-state index contributed by atoms with van der Waals surface area (Å²) in [6.45, 7) is 9.44. The summed E-state index contributed by atoms with van der Waals surface area (Å²) in [5, 5.41) is 11.4. The zero-order chi connectivity index (χ0) is 20.8. The molecule has 0 aromatic heterocycles. The number of aliphatic carboxylic acids is 1. The summed E-state index contributed by atoms with van der Waals surface area (Å²) in [5.41, 5.74) is 1.26. The third-order valence-corrected chi connectivity index (χ3v) is 4.60. The molecule has 0 spiro atoms. The summed E-state index contributed by atoms with van der Waals surface area (Å²) in [5.74, 6) is -2.29. The van der Waals surface area contributed by atoms with Crippen LogP contribution in [0.5, 0.6) is 0 Å². The van der Waals surface area contributed by atoms with Crippen molar-refractivity contribution in [3.63, 3.8) is 0 Å². The molecule has 0 saturated carbocycles. The van der Waals surface area contributed by atoms with Gasteiger partial charge in [0.15, 0.2) is 5.75 Å². The predicted octanol–water partition coefficient (Wildman–Crippen LogP) is 2.70. The summed E-state index contributed by atoms with van der Waals surface area (Å²) < 4.78 is 31.5. The van der Waals surface area contributed by atoms with Crippen molar-refractivity contribution in [1.82, 2.24) is 5.32 Å². The Balaban J connectivity index is 2.92. The fourth-order valence-corrected chi connectivity index (χ4v) is 3.17. The Kier molecular flexibility index (Phi) is 7.65. The molecule has 0 bridgehead atoms. The number of carbonyl (C=O) groups excluding carboxylic acids is 1. The predicted molar refractivity (Wildman–Crippen MR) is 104 cm³/mol. The van der Waals surface area contributed by atoms with E-state index in [-0.39, 0.29) is 12.5 Å². The van der Waals surface area contributed by atoms with Gasteiger partial charge < -0.3 is 15.2 Å². The maximum absolute atomic E-state index is 12.0. The highest BCUT2D eigenvalue weighted by atomic mass is 32.2. The average Bonchev–Trinajstić information content (AvgIpc) is 2.44. The van der Waals surface area contributed by atoms with Crippen LogP contribution in [0.15, 0.2) is 18.2 Å². The number of benzene rings is 1. The van der Waals surface area contributed by atoms with Gasteiger partial charge in [-0.3, -0.25) is 9.52 Å². The highest BCUT2D eigenvalue weighted by Crippen LogP contribution is 2.24. The van der Waals surface area contributed by atoms with E-state index in [1.165, 1.54) is 0 Å². The summed E-state index contributed by atoms with van der Waals surface area (Å²) >= 11 is 0. The maximum Gasteiger partial charge on any atom is 0.407 e. The molecule has 0 saturated heterocycles. The first-order valence-electron chi connectivity index (χ1n) is 8.61. The molecule has 27 heavy (non-hydrogen) atoms. The molecular weight excluding hydrogens is 372 g/mol. The molecule has 0 unspecified atom stereocenters. The Morgan fingerprint density at radius 2 is 1.85 bits per heavy atom. The quantitative estimate of drug-likeness (QED) is 0.617. The van der Waals surface area contributed by atoms with Crippen molar-refractivity contribution in [3.05, 3.63) is 29.3 Å². The van der Waals surface area contributed by atoms with Crippen LogP contribution in [-0.4, -0.2) is 43.5 Å². The van der Waals surface area contributed by atoms with Gasteiger partial charge in [-0.1, -0.05) is 26.0 Å². The molecule has 0 aliphatic rings.